The first-order chi connectivity index (χ1) is 9.18. The van der Waals surface area contributed by atoms with Crippen LogP contribution in [0.4, 0.5) is 0 Å². The van der Waals surface area contributed by atoms with Crippen LogP contribution in [0.1, 0.15) is 47.2 Å². The number of carbonyl (C=O) groups excluding carboxylic acids is 2. The minimum atomic E-state index is -0.264. The third kappa shape index (κ3) is 3.64. The lowest BCUT2D eigenvalue weighted by Gasteiger charge is -2.26. The van der Waals surface area contributed by atoms with Crippen molar-refractivity contribution in [3.05, 3.63) is 17.7 Å². The van der Waals surface area contributed by atoms with E-state index in [4.69, 9.17) is 0 Å². The molecule has 0 radical (unpaired) electrons. The summed E-state index contributed by atoms with van der Waals surface area (Å²) in [6.07, 6.45) is 5.15. The molecule has 0 unspecified atom stereocenters. The summed E-state index contributed by atoms with van der Waals surface area (Å²) in [6.45, 7) is 5.07. The highest BCUT2D eigenvalue weighted by Gasteiger charge is 2.17. The van der Waals surface area contributed by atoms with Crippen LogP contribution in [0.15, 0.2) is 6.33 Å². The van der Waals surface area contributed by atoms with Gasteiger partial charge in [-0.1, -0.05) is 6.42 Å². The Balaban J connectivity index is 1.80. The second-order valence-electron chi connectivity index (χ2n) is 4.84. The minimum Gasteiger partial charge on any atom is -0.349 e. The summed E-state index contributed by atoms with van der Waals surface area (Å²) >= 11 is 0. The number of nitrogens with one attached hydrogen (secondary N) is 2. The minimum absolute atomic E-state index is 0.204. The van der Waals surface area contributed by atoms with E-state index >= 15 is 0 Å². The molecule has 19 heavy (non-hydrogen) atoms. The Kier molecular flexibility index (Phi) is 4.68. The Morgan fingerprint density at radius 3 is 2.79 bits per heavy atom. The van der Waals surface area contributed by atoms with Crippen molar-refractivity contribution in [2.24, 2.45) is 0 Å². The number of Topliss-reactive ketones (excluding diaryl/α,β-unsaturated/α-hetero) is 1. The van der Waals surface area contributed by atoms with Crippen LogP contribution >= 0.6 is 0 Å². The van der Waals surface area contributed by atoms with E-state index in [-0.39, 0.29) is 23.1 Å². The molecule has 2 N–H and O–H groups in total. The van der Waals surface area contributed by atoms with Crippen LogP contribution in [0.2, 0.25) is 0 Å². The molecule has 0 spiro atoms. The fourth-order valence-electron chi connectivity index (χ4n) is 2.33. The van der Waals surface area contributed by atoms with Gasteiger partial charge in [-0.25, -0.2) is 4.98 Å². The second-order valence-corrected chi connectivity index (χ2v) is 4.84. The van der Waals surface area contributed by atoms with Crippen LogP contribution in [0.5, 0.6) is 0 Å². The predicted octanol–water partition coefficient (Wildman–Crippen LogP) is 0.828. The van der Waals surface area contributed by atoms with Crippen LogP contribution in [0, 0.1) is 0 Å². The van der Waals surface area contributed by atoms with Crippen molar-refractivity contribution in [3.63, 3.8) is 0 Å². The summed E-state index contributed by atoms with van der Waals surface area (Å²) in [5.41, 5.74) is 0.460. The average Bonchev–Trinajstić information content (AvgIpc) is 2.89. The fraction of sp³-hybridized carbons (Fsp3) is 0.615. The highest BCUT2D eigenvalue weighted by Crippen LogP contribution is 2.07. The summed E-state index contributed by atoms with van der Waals surface area (Å²) in [4.78, 5) is 32.1. The van der Waals surface area contributed by atoms with Gasteiger partial charge in [-0.05, 0) is 25.9 Å². The van der Waals surface area contributed by atoms with E-state index in [0.29, 0.717) is 6.54 Å². The molecule has 6 nitrogen and oxygen atoms in total. The molecule has 0 aliphatic carbocycles. The van der Waals surface area contributed by atoms with Gasteiger partial charge in [0, 0.05) is 20.0 Å². The highest BCUT2D eigenvalue weighted by molar-refractivity contribution is 6.04. The normalized spacial score (nSPS) is 16.3. The first kappa shape index (κ1) is 13.7. The molecular weight excluding hydrogens is 244 g/mol. The molecule has 0 atom stereocenters. The molecule has 104 valence electrons. The zero-order valence-corrected chi connectivity index (χ0v) is 11.2. The lowest BCUT2D eigenvalue weighted by molar-refractivity contribution is 0.0927. The summed E-state index contributed by atoms with van der Waals surface area (Å²) in [5, 5.41) is 2.82. The van der Waals surface area contributed by atoms with E-state index in [1.54, 1.807) is 0 Å². The number of piperidine rings is 1. The molecule has 1 aromatic heterocycles. The van der Waals surface area contributed by atoms with Crippen molar-refractivity contribution in [1.29, 1.82) is 0 Å². The van der Waals surface area contributed by atoms with E-state index in [2.05, 4.69) is 20.2 Å². The number of likely N-dealkylation sites (tertiary alicyclic amines) is 1. The molecule has 2 rings (SSSR count). The van der Waals surface area contributed by atoms with E-state index in [9.17, 15) is 9.59 Å². The van der Waals surface area contributed by atoms with Gasteiger partial charge in [0.2, 0.25) is 0 Å². The lowest BCUT2D eigenvalue weighted by atomic mass is 10.1. The maximum atomic E-state index is 11.9. The Morgan fingerprint density at radius 1 is 1.37 bits per heavy atom. The number of hydrogen-bond donors (Lipinski definition) is 2. The molecule has 6 heteroatoms. The van der Waals surface area contributed by atoms with Crippen molar-refractivity contribution in [2.75, 3.05) is 26.2 Å². The van der Waals surface area contributed by atoms with Gasteiger partial charge in [0.15, 0.2) is 5.78 Å². The van der Waals surface area contributed by atoms with Gasteiger partial charge in [0.1, 0.15) is 11.4 Å². The first-order valence-corrected chi connectivity index (χ1v) is 6.73. The third-order valence-electron chi connectivity index (χ3n) is 3.36. The van der Waals surface area contributed by atoms with Gasteiger partial charge in [0.25, 0.3) is 5.91 Å². The largest absolute Gasteiger partial charge is 0.349 e. The van der Waals surface area contributed by atoms with Crippen molar-refractivity contribution in [3.8, 4) is 0 Å². The number of amides is 1. The number of aromatic amines is 1. The summed E-state index contributed by atoms with van der Waals surface area (Å²) in [7, 11) is 0. The topological polar surface area (TPSA) is 78.1 Å². The van der Waals surface area contributed by atoms with Gasteiger partial charge in [-0.3, -0.25) is 9.59 Å². The van der Waals surface area contributed by atoms with E-state index in [1.165, 1.54) is 32.5 Å². The van der Waals surface area contributed by atoms with Crippen LogP contribution in [-0.4, -0.2) is 52.7 Å². The highest BCUT2D eigenvalue weighted by atomic mass is 16.2. The lowest BCUT2D eigenvalue weighted by Crippen LogP contribution is -2.38. The number of aromatic nitrogens is 2. The van der Waals surface area contributed by atoms with Crippen LogP contribution < -0.4 is 5.32 Å². The van der Waals surface area contributed by atoms with Crippen molar-refractivity contribution in [1.82, 2.24) is 20.2 Å². The molecule has 1 saturated heterocycles. The molecule has 1 aliphatic heterocycles. The predicted molar refractivity (Wildman–Crippen MR) is 71.2 cm³/mol. The molecule has 1 amide bonds. The number of ketones is 1. The van der Waals surface area contributed by atoms with Gasteiger partial charge < -0.3 is 15.2 Å². The number of imidazole rings is 1. The Morgan fingerprint density at radius 2 is 2.11 bits per heavy atom. The fourth-order valence-corrected chi connectivity index (χ4v) is 2.33. The van der Waals surface area contributed by atoms with Crippen LogP contribution in [0.3, 0.4) is 0 Å². The van der Waals surface area contributed by atoms with Gasteiger partial charge in [-0.15, -0.1) is 0 Å². The molecule has 1 fully saturated rings. The van der Waals surface area contributed by atoms with E-state index in [1.807, 2.05) is 0 Å². The number of hydrogen-bond acceptors (Lipinski definition) is 4. The zero-order chi connectivity index (χ0) is 13.7. The molecule has 1 aromatic rings. The first-order valence-electron chi connectivity index (χ1n) is 6.73. The van der Waals surface area contributed by atoms with E-state index in [0.717, 1.165) is 19.6 Å². The summed E-state index contributed by atoms with van der Waals surface area (Å²) in [6, 6.07) is 0. The third-order valence-corrected chi connectivity index (χ3v) is 3.36. The van der Waals surface area contributed by atoms with Crippen LogP contribution in [0.25, 0.3) is 0 Å². The standard InChI is InChI=1S/C13H20N4O2/c1-10(18)11-12(16-9-15-11)13(19)14-5-8-17-6-3-2-4-7-17/h9H,2-8H2,1H3,(H,14,19)(H,15,16). The second kappa shape index (κ2) is 6.47. The number of rotatable bonds is 5. The summed E-state index contributed by atoms with van der Waals surface area (Å²) in [5.74, 6) is -0.470. The Bertz CT molecular complexity index is 449. The molecule has 2 heterocycles. The molecule has 0 bridgehead atoms. The Labute approximate surface area is 112 Å². The SMILES string of the molecule is CC(=O)c1nc[nH]c1C(=O)NCCN1CCCCC1. The van der Waals surface area contributed by atoms with Crippen LogP contribution in [-0.2, 0) is 0 Å². The molecule has 0 saturated carbocycles. The molecule has 0 aromatic carbocycles. The van der Waals surface area contributed by atoms with Gasteiger partial charge in [-0.2, -0.15) is 0 Å². The van der Waals surface area contributed by atoms with Crippen molar-refractivity contribution in [2.45, 2.75) is 26.2 Å². The Hall–Kier alpha value is -1.69. The maximum Gasteiger partial charge on any atom is 0.270 e. The monoisotopic (exact) mass is 264 g/mol. The van der Waals surface area contributed by atoms with E-state index < -0.39 is 0 Å². The van der Waals surface area contributed by atoms with Crippen molar-refractivity contribution < 1.29 is 9.59 Å². The number of carbonyl (C=O) groups is 2. The smallest absolute Gasteiger partial charge is 0.270 e. The van der Waals surface area contributed by atoms with Gasteiger partial charge >= 0.3 is 0 Å². The average molecular weight is 264 g/mol. The quantitative estimate of drug-likeness (QED) is 0.772. The summed E-state index contributed by atoms with van der Waals surface area (Å²) < 4.78 is 0. The molecule has 1 aliphatic rings. The zero-order valence-electron chi connectivity index (χ0n) is 11.2. The maximum absolute atomic E-state index is 11.9. The molecular formula is C13H20N4O2. The van der Waals surface area contributed by atoms with Crippen molar-refractivity contribution >= 4 is 11.7 Å². The number of H-pyrrole nitrogens is 1. The number of nitrogens with zero attached hydrogens (tertiary/aromatic N) is 2. The van der Waals surface area contributed by atoms with Gasteiger partial charge in [0.05, 0.1) is 6.33 Å².